The third kappa shape index (κ3) is 1.89. The zero-order chi connectivity index (χ0) is 12.5. The Hall–Kier alpha value is -1.80. The van der Waals surface area contributed by atoms with Gasteiger partial charge in [-0.15, -0.1) is 21.5 Å². The minimum atomic E-state index is 0.555. The maximum absolute atomic E-state index is 5.26. The van der Waals surface area contributed by atoms with Crippen molar-refractivity contribution >= 4 is 23.6 Å². The monoisotopic (exact) mass is 278 g/mol. The summed E-state index contributed by atoms with van der Waals surface area (Å²) in [6.07, 6.45) is 1.67. The molecule has 6 nitrogen and oxygen atoms in total. The van der Waals surface area contributed by atoms with Crippen molar-refractivity contribution in [2.45, 2.75) is 6.54 Å². The van der Waals surface area contributed by atoms with E-state index in [0.29, 0.717) is 11.3 Å². The van der Waals surface area contributed by atoms with Crippen LogP contribution < -0.4 is 0 Å². The van der Waals surface area contributed by atoms with Crippen molar-refractivity contribution in [1.82, 2.24) is 29.5 Å². The van der Waals surface area contributed by atoms with Crippen molar-refractivity contribution in [3.05, 3.63) is 34.4 Å². The van der Waals surface area contributed by atoms with Gasteiger partial charge in [-0.1, -0.05) is 6.07 Å². The van der Waals surface area contributed by atoms with E-state index in [9.17, 15) is 0 Å². The predicted molar refractivity (Wildman–Crippen MR) is 70.8 cm³/mol. The fourth-order valence-corrected chi connectivity index (χ4v) is 2.57. The van der Waals surface area contributed by atoms with Crippen LogP contribution in [0.15, 0.2) is 23.8 Å². The van der Waals surface area contributed by atoms with Gasteiger partial charge in [-0.2, -0.15) is 5.10 Å². The number of aromatic nitrogens is 6. The van der Waals surface area contributed by atoms with E-state index in [1.807, 2.05) is 33.7 Å². The molecule has 0 spiro atoms. The van der Waals surface area contributed by atoms with Crippen molar-refractivity contribution in [3.63, 3.8) is 0 Å². The largest absolute Gasteiger partial charge is 0.319 e. The van der Waals surface area contributed by atoms with Crippen LogP contribution in [-0.2, 0) is 13.6 Å². The number of nitrogens with one attached hydrogen (secondary N) is 1. The fraction of sp³-hybridized carbons (Fsp3) is 0.200. The van der Waals surface area contributed by atoms with Crippen LogP contribution in [0.25, 0.3) is 10.7 Å². The third-order valence-corrected chi connectivity index (χ3v) is 3.78. The van der Waals surface area contributed by atoms with Crippen molar-refractivity contribution in [2.75, 3.05) is 0 Å². The van der Waals surface area contributed by atoms with Crippen LogP contribution in [0, 0.1) is 4.77 Å². The molecule has 92 valence electrons. The van der Waals surface area contributed by atoms with Gasteiger partial charge in [-0.05, 0) is 23.7 Å². The second kappa shape index (κ2) is 4.46. The van der Waals surface area contributed by atoms with Crippen LogP contribution in [0.1, 0.15) is 5.82 Å². The first-order valence-corrected chi connectivity index (χ1v) is 6.56. The van der Waals surface area contributed by atoms with Gasteiger partial charge < -0.3 is 4.57 Å². The molecule has 0 atom stereocenters. The summed E-state index contributed by atoms with van der Waals surface area (Å²) in [4.78, 5) is 1.07. The van der Waals surface area contributed by atoms with Gasteiger partial charge in [0.2, 0.25) is 0 Å². The molecule has 0 unspecified atom stereocenters. The van der Waals surface area contributed by atoms with E-state index in [1.54, 1.807) is 17.7 Å². The Labute approximate surface area is 112 Å². The second-order valence-electron chi connectivity index (χ2n) is 3.77. The Morgan fingerprint density at radius 2 is 2.39 bits per heavy atom. The van der Waals surface area contributed by atoms with Crippen molar-refractivity contribution in [3.8, 4) is 10.7 Å². The van der Waals surface area contributed by atoms with Crippen LogP contribution in [-0.4, -0.2) is 29.5 Å². The molecule has 0 radical (unpaired) electrons. The average Bonchev–Trinajstić information content (AvgIpc) is 3.04. The number of nitrogens with zero attached hydrogens (tertiary/aromatic N) is 5. The molecule has 0 bridgehead atoms. The lowest BCUT2D eigenvalue weighted by molar-refractivity contribution is 0.694. The SMILES string of the molecule is Cn1cnnc1Cn1c(-c2cccs2)n[nH]c1=S. The lowest BCUT2D eigenvalue weighted by Gasteiger charge is -2.04. The maximum atomic E-state index is 5.26. The molecule has 0 saturated carbocycles. The smallest absolute Gasteiger partial charge is 0.195 e. The molecule has 18 heavy (non-hydrogen) atoms. The topological polar surface area (TPSA) is 64.3 Å². The van der Waals surface area contributed by atoms with E-state index in [1.165, 1.54) is 0 Å². The van der Waals surface area contributed by atoms with Gasteiger partial charge in [-0.3, -0.25) is 9.67 Å². The standard InChI is InChI=1S/C10H10N6S2/c1-15-6-11-12-8(15)5-16-9(13-14-10(16)17)7-3-2-4-18-7/h2-4,6H,5H2,1H3,(H,14,17). The van der Waals surface area contributed by atoms with Gasteiger partial charge in [0.25, 0.3) is 0 Å². The molecule has 1 N–H and O–H groups in total. The Morgan fingerprint density at radius 1 is 1.50 bits per heavy atom. The predicted octanol–water partition coefficient (Wildman–Crippen LogP) is 1.85. The summed E-state index contributed by atoms with van der Waals surface area (Å²) >= 11 is 6.88. The van der Waals surface area contributed by atoms with Crippen molar-refractivity contribution in [1.29, 1.82) is 0 Å². The molecule has 3 aromatic heterocycles. The molecule has 3 rings (SSSR count). The molecule has 0 aromatic carbocycles. The van der Waals surface area contributed by atoms with Gasteiger partial charge in [0.15, 0.2) is 16.4 Å². The van der Waals surface area contributed by atoms with Crippen LogP contribution >= 0.6 is 23.6 Å². The molecule has 0 fully saturated rings. The molecule has 0 aliphatic rings. The molecule has 8 heteroatoms. The van der Waals surface area contributed by atoms with Crippen LogP contribution in [0.2, 0.25) is 0 Å². The zero-order valence-corrected chi connectivity index (χ0v) is 11.2. The first-order chi connectivity index (χ1) is 8.75. The van der Waals surface area contributed by atoms with Gasteiger partial charge in [0, 0.05) is 7.05 Å². The molecule has 3 heterocycles. The summed E-state index contributed by atoms with van der Waals surface area (Å²) in [6, 6.07) is 4.01. The zero-order valence-electron chi connectivity index (χ0n) is 9.57. The average molecular weight is 278 g/mol. The number of aryl methyl sites for hydroxylation is 1. The summed E-state index contributed by atoms with van der Waals surface area (Å²) < 4.78 is 4.37. The highest BCUT2D eigenvalue weighted by atomic mass is 32.1. The number of rotatable bonds is 3. The Morgan fingerprint density at radius 3 is 3.06 bits per heavy atom. The minimum Gasteiger partial charge on any atom is -0.319 e. The molecular formula is C10H10N6S2. The normalized spacial score (nSPS) is 10.9. The fourth-order valence-electron chi connectivity index (χ4n) is 1.65. The molecule has 3 aromatic rings. The summed E-state index contributed by atoms with van der Waals surface area (Å²) in [7, 11) is 1.91. The highest BCUT2D eigenvalue weighted by Crippen LogP contribution is 2.23. The van der Waals surface area contributed by atoms with E-state index < -0.39 is 0 Å². The second-order valence-corrected chi connectivity index (χ2v) is 5.11. The third-order valence-electron chi connectivity index (χ3n) is 2.60. The highest BCUT2D eigenvalue weighted by Gasteiger charge is 2.12. The van der Waals surface area contributed by atoms with E-state index in [0.717, 1.165) is 16.5 Å². The van der Waals surface area contributed by atoms with Gasteiger partial charge in [0.05, 0.1) is 11.4 Å². The molecule has 0 saturated heterocycles. The Balaban J connectivity index is 2.05. The van der Waals surface area contributed by atoms with Crippen LogP contribution in [0.3, 0.4) is 0 Å². The summed E-state index contributed by atoms with van der Waals surface area (Å²) in [5.41, 5.74) is 0. The first kappa shape index (κ1) is 11.3. The molecule has 0 aliphatic heterocycles. The molecule has 0 amide bonds. The van der Waals surface area contributed by atoms with E-state index in [-0.39, 0.29) is 0 Å². The van der Waals surface area contributed by atoms with E-state index in [4.69, 9.17) is 12.2 Å². The summed E-state index contributed by atoms with van der Waals surface area (Å²) in [5.74, 6) is 1.67. The first-order valence-electron chi connectivity index (χ1n) is 5.27. The number of hydrogen-bond donors (Lipinski definition) is 1. The minimum absolute atomic E-state index is 0.555. The van der Waals surface area contributed by atoms with Gasteiger partial charge in [0.1, 0.15) is 6.33 Å². The maximum Gasteiger partial charge on any atom is 0.195 e. The lowest BCUT2D eigenvalue weighted by Crippen LogP contribution is -2.07. The van der Waals surface area contributed by atoms with Crippen molar-refractivity contribution in [2.24, 2.45) is 7.05 Å². The van der Waals surface area contributed by atoms with E-state index >= 15 is 0 Å². The molecule has 0 aliphatic carbocycles. The summed E-state index contributed by atoms with van der Waals surface area (Å²) in [5, 5.41) is 17.0. The van der Waals surface area contributed by atoms with Crippen molar-refractivity contribution < 1.29 is 0 Å². The van der Waals surface area contributed by atoms with Gasteiger partial charge in [-0.25, -0.2) is 0 Å². The van der Waals surface area contributed by atoms with Crippen LogP contribution in [0.4, 0.5) is 0 Å². The number of aromatic amines is 1. The van der Waals surface area contributed by atoms with Gasteiger partial charge >= 0.3 is 0 Å². The Bertz CT molecular complexity index is 705. The number of hydrogen-bond acceptors (Lipinski definition) is 5. The van der Waals surface area contributed by atoms with E-state index in [2.05, 4.69) is 20.4 Å². The van der Waals surface area contributed by atoms with Crippen LogP contribution in [0.5, 0.6) is 0 Å². The highest BCUT2D eigenvalue weighted by molar-refractivity contribution is 7.71. The number of thiophene rings is 1. The molecular weight excluding hydrogens is 268 g/mol. The summed E-state index contributed by atoms with van der Waals surface area (Å²) in [6.45, 7) is 0.555. The lowest BCUT2D eigenvalue weighted by atomic mass is 10.4. The number of H-pyrrole nitrogens is 1. The quantitative estimate of drug-likeness (QED) is 0.743. The Kier molecular flexibility index (Phi) is 2.80.